The highest BCUT2D eigenvalue weighted by Gasteiger charge is 2.28. The van der Waals surface area contributed by atoms with Gasteiger partial charge in [0.15, 0.2) is 0 Å². The van der Waals surface area contributed by atoms with Gasteiger partial charge in [-0.25, -0.2) is 9.99 Å². The molecule has 45 heavy (non-hydrogen) atoms. The lowest BCUT2D eigenvalue weighted by Crippen LogP contribution is -2.54. The van der Waals surface area contributed by atoms with Crippen LogP contribution >= 0.6 is 0 Å². The normalized spacial score (nSPS) is 15.7. The van der Waals surface area contributed by atoms with Crippen molar-refractivity contribution in [3.05, 3.63) is 144 Å². The smallest absolute Gasteiger partial charge is 0.242 e. The van der Waals surface area contributed by atoms with Crippen LogP contribution in [0, 0.1) is 20.8 Å². The molecular formula is C39H38BN5. The Morgan fingerprint density at radius 3 is 2.27 bits per heavy atom. The zero-order valence-electron chi connectivity index (χ0n) is 26.4. The third kappa shape index (κ3) is 5.76. The first-order chi connectivity index (χ1) is 21.9. The van der Waals surface area contributed by atoms with Crippen molar-refractivity contribution in [1.29, 1.82) is 0 Å². The van der Waals surface area contributed by atoms with E-state index in [2.05, 4.69) is 158 Å². The van der Waals surface area contributed by atoms with Crippen molar-refractivity contribution in [2.45, 2.75) is 33.1 Å². The highest BCUT2D eigenvalue weighted by Crippen LogP contribution is 2.27. The van der Waals surface area contributed by atoms with Gasteiger partial charge in [-0.05, 0) is 51.5 Å². The predicted octanol–water partition coefficient (Wildman–Crippen LogP) is 6.36. The monoisotopic (exact) mass is 587 g/mol. The molecule has 0 saturated heterocycles. The van der Waals surface area contributed by atoms with E-state index in [9.17, 15) is 0 Å². The standard InChI is InChI=1S/C39H38BN5/c1-28-21-29(2)38(30(3)22-28)40(34-17-12-20-36(24-34)45-27-44(26-41-45)35-18-9-6-10-19-35)33-16-11-15-32(23-33)39-42-37(25-43(39)4)31-13-7-5-8-14-31/h5-13,15-26,31H,14,27H2,1-4H3/t31-/m1/s1. The van der Waals surface area contributed by atoms with Crippen molar-refractivity contribution >= 4 is 40.8 Å². The van der Waals surface area contributed by atoms with Crippen LogP contribution in [0.3, 0.4) is 0 Å². The summed E-state index contributed by atoms with van der Waals surface area (Å²) in [5.74, 6) is 1.31. The van der Waals surface area contributed by atoms with Gasteiger partial charge in [0.25, 0.3) is 0 Å². The van der Waals surface area contributed by atoms with Crippen LogP contribution < -0.4 is 26.3 Å². The molecule has 1 atom stereocenters. The van der Waals surface area contributed by atoms with Crippen molar-refractivity contribution in [3.63, 3.8) is 0 Å². The minimum atomic E-state index is 0.0495. The van der Waals surface area contributed by atoms with E-state index in [-0.39, 0.29) is 6.71 Å². The molecule has 7 rings (SSSR count). The highest BCUT2D eigenvalue weighted by molar-refractivity contribution is 6.96. The lowest BCUT2D eigenvalue weighted by atomic mass is 9.35. The molecule has 0 radical (unpaired) electrons. The summed E-state index contributed by atoms with van der Waals surface area (Å²) < 4.78 is 2.17. The number of aryl methyl sites for hydroxylation is 4. The van der Waals surface area contributed by atoms with Gasteiger partial charge in [0.2, 0.25) is 6.71 Å². The fourth-order valence-electron chi connectivity index (χ4n) is 6.89. The van der Waals surface area contributed by atoms with Crippen LogP contribution in [0.2, 0.25) is 0 Å². The van der Waals surface area contributed by atoms with Crippen molar-refractivity contribution in [3.8, 4) is 11.4 Å². The molecule has 6 heteroatoms. The Kier molecular flexibility index (Phi) is 7.72. The van der Waals surface area contributed by atoms with Crippen molar-refractivity contribution in [2.75, 3.05) is 16.6 Å². The number of para-hydroxylation sites is 1. The lowest BCUT2D eigenvalue weighted by molar-refractivity contribution is 0.821. The Hall–Kier alpha value is -5.10. The molecule has 0 fully saturated rings. The summed E-state index contributed by atoms with van der Waals surface area (Å²) in [6.07, 6.45) is 13.8. The summed E-state index contributed by atoms with van der Waals surface area (Å²) in [5.41, 5.74) is 12.2. The molecule has 4 aromatic carbocycles. The molecule has 2 heterocycles. The zero-order valence-corrected chi connectivity index (χ0v) is 26.4. The second-order valence-electron chi connectivity index (χ2n) is 12.3. The van der Waals surface area contributed by atoms with E-state index in [1.807, 2.05) is 12.4 Å². The maximum atomic E-state index is 5.15. The average molecular weight is 588 g/mol. The largest absolute Gasteiger partial charge is 0.334 e. The molecule has 0 bridgehead atoms. The first-order valence-corrected chi connectivity index (χ1v) is 15.7. The summed E-state index contributed by atoms with van der Waals surface area (Å²) in [5, 5.41) is 6.85. The molecular weight excluding hydrogens is 549 g/mol. The van der Waals surface area contributed by atoms with Crippen LogP contribution in [0.15, 0.2) is 127 Å². The Labute approximate surface area is 266 Å². The van der Waals surface area contributed by atoms with Crippen molar-refractivity contribution < 1.29 is 0 Å². The first-order valence-electron chi connectivity index (χ1n) is 15.7. The third-order valence-corrected chi connectivity index (χ3v) is 8.97. The van der Waals surface area contributed by atoms with E-state index in [0.29, 0.717) is 12.6 Å². The predicted molar refractivity (Wildman–Crippen MR) is 191 cm³/mol. The van der Waals surface area contributed by atoms with Crippen molar-refractivity contribution in [1.82, 2.24) is 9.55 Å². The summed E-state index contributed by atoms with van der Waals surface area (Å²) in [7, 11) is 2.10. The molecule has 2 aliphatic rings. The molecule has 5 aromatic rings. The molecule has 0 spiro atoms. The van der Waals surface area contributed by atoms with Crippen LogP contribution in [-0.2, 0) is 7.05 Å². The number of aromatic nitrogens is 2. The number of hydrogen-bond donors (Lipinski definition) is 0. The number of allylic oxidation sites excluding steroid dienone is 4. The van der Waals surface area contributed by atoms with E-state index < -0.39 is 0 Å². The maximum Gasteiger partial charge on any atom is 0.242 e. The van der Waals surface area contributed by atoms with Gasteiger partial charge in [0, 0.05) is 30.4 Å². The van der Waals surface area contributed by atoms with Gasteiger partial charge < -0.3 is 9.47 Å². The number of nitrogens with zero attached hydrogens (tertiary/aromatic N) is 5. The minimum Gasteiger partial charge on any atom is -0.334 e. The summed E-state index contributed by atoms with van der Waals surface area (Å²) in [4.78, 5) is 7.31. The van der Waals surface area contributed by atoms with E-state index in [0.717, 1.165) is 34.9 Å². The lowest BCUT2D eigenvalue weighted by Gasteiger charge is -2.23. The number of hydrogen-bond acceptors (Lipinski definition) is 4. The molecule has 1 aliphatic carbocycles. The van der Waals surface area contributed by atoms with Gasteiger partial charge in [0.1, 0.15) is 18.8 Å². The second-order valence-corrected chi connectivity index (χ2v) is 12.3. The summed E-state index contributed by atoms with van der Waals surface area (Å²) in [6.45, 7) is 7.39. The molecule has 0 unspecified atom stereocenters. The van der Waals surface area contributed by atoms with Gasteiger partial charge in [0.05, 0.1) is 11.4 Å². The fraction of sp³-hybridized carbons (Fsp3) is 0.179. The quantitative estimate of drug-likeness (QED) is 0.208. The van der Waals surface area contributed by atoms with Crippen LogP contribution in [0.25, 0.3) is 11.4 Å². The van der Waals surface area contributed by atoms with Gasteiger partial charge in [-0.1, -0.05) is 124 Å². The Balaban J connectivity index is 1.28. The molecule has 0 N–H and O–H groups in total. The molecule has 0 amide bonds. The van der Waals surface area contributed by atoms with Gasteiger partial charge in [-0.15, -0.1) is 0 Å². The van der Waals surface area contributed by atoms with Crippen molar-refractivity contribution in [2.24, 2.45) is 12.1 Å². The Morgan fingerprint density at radius 1 is 0.778 bits per heavy atom. The SMILES string of the molecule is Cc1cc(C)c(B(c2cccc(-c3nc([C@@H]4C=CC=CC4)cn3C)c2)c2cccc(N3CN(c4ccccc4)C=N3)c2)c(C)c1. The number of imidazole rings is 1. The summed E-state index contributed by atoms with van der Waals surface area (Å²) in [6, 6.07) is 32.9. The average Bonchev–Trinajstić information content (AvgIpc) is 3.71. The maximum absolute atomic E-state index is 5.15. The molecule has 5 nitrogen and oxygen atoms in total. The van der Waals surface area contributed by atoms with Gasteiger partial charge in [-0.3, -0.25) is 0 Å². The minimum absolute atomic E-state index is 0.0495. The van der Waals surface area contributed by atoms with Crippen LogP contribution in [0.4, 0.5) is 11.4 Å². The number of anilines is 2. The topological polar surface area (TPSA) is 36.7 Å². The Bertz CT molecular complexity index is 1910. The van der Waals surface area contributed by atoms with Crippen LogP contribution in [0.1, 0.15) is 34.7 Å². The fourth-order valence-corrected chi connectivity index (χ4v) is 6.89. The summed E-state index contributed by atoms with van der Waals surface area (Å²) >= 11 is 0. The first kappa shape index (κ1) is 28.7. The van der Waals surface area contributed by atoms with Crippen LogP contribution in [0.5, 0.6) is 0 Å². The number of hydrazone groups is 1. The molecule has 222 valence electrons. The van der Waals surface area contributed by atoms with E-state index in [4.69, 9.17) is 10.1 Å². The van der Waals surface area contributed by atoms with E-state index in [1.54, 1.807) is 0 Å². The molecule has 1 aliphatic heterocycles. The van der Waals surface area contributed by atoms with E-state index >= 15 is 0 Å². The zero-order chi connectivity index (χ0) is 30.9. The Morgan fingerprint density at radius 2 is 1.51 bits per heavy atom. The third-order valence-electron chi connectivity index (χ3n) is 8.97. The highest BCUT2D eigenvalue weighted by atomic mass is 15.6. The number of benzene rings is 4. The molecule has 1 aromatic heterocycles. The van der Waals surface area contributed by atoms with Crippen LogP contribution in [-0.4, -0.2) is 29.3 Å². The van der Waals surface area contributed by atoms with E-state index in [1.165, 1.54) is 33.1 Å². The van der Waals surface area contributed by atoms with Gasteiger partial charge >= 0.3 is 0 Å². The molecule has 0 saturated carbocycles. The second kappa shape index (κ2) is 12.1. The number of rotatable bonds is 7. The van der Waals surface area contributed by atoms with Gasteiger partial charge in [-0.2, -0.15) is 5.10 Å².